The molecule has 1 saturated heterocycles. The molecule has 1 aliphatic heterocycles. The second-order valence-electron chi connectivity index (χ2n) is 9.29. The van der Waals surface area contributed by atoms with Crippen LogP contribution in [-0.2, 0) is 21.4 Å². The number of ether oxygens (including phenoxy) is 1. The van der Waals surface area contributed by atoms with Crippen molar-refractivity contribution in [2.45, 2.75) is 59.2 Å². The van der Waals surface area contributed by atoms with Gasteiger partial charge in [-0.25, -0.2) is 9.78 Å². The zero-order chi connectivity index (χ0) is 21.2. The maximum absolute atomic E-state index is 13.3. The summed E-state index contributed by atoms with van der Waals surface area (Å²) in [6.45, 7) is 13.9. The molecule has 2 aromatic rings. The van der Waals surface area contributed by atoms with Gasteiger partial charge in [0.2, 0.25) is 0 Å². The maximum atomic E-state index is 13.3. The monoisotopic (exact) mass is 415 g/mol. The molecule has 6 nitrogen and oxygen atoms in total. The number of likely N-dealkylation sites (tertiary alicyclic amines) is 1. The zero-order valence-electron chi connectivity index (χ0n) is 18.3. The van der Waals surface area contributed by atoms with Gasteiger partial charge in [0.1, 0.15) is 12.3 Å². The number of nitrogens with zero attached hydrogens (tertiary/aromatic N) is 3. The fraction of sp³-hybridized carbons (Fsp3) is 0.545. The van der Waals surface area contributed by atoms with Gasteiger partial charge in [0.15, 0.2) is 9.04 Å². The second-order valence-corrected chi connectivity index (χ2v) is 11.7. The molecule has 1 unspecified atom stereocenters. The first-order valence-corrected chi connectivity index (χ1v) is 13.0. The van der Waals surface area contributed by atoms with Crippen LogP contribution in [-0.4, -0.2) is 42.2 Å². The van der Waals surface area contributed by atoms with E-state index in [4.69, 9.17) is 9.16 Å². The number of benzene rings is 1. The highest BCUT2D eigenvalue weighted by Crippen LogP contribution is 2.47. The number of hydrogen-bond donors (Lipinski definition) is 0. The van der Waals surface area contributed by atoms with Gasteiger partial charge in [-0.2, -0.15) is 0 Å². The number of carbonyl (C=O) groups is 1. The van der Waals surface area contributed by atoms with Gasteiger partial charge in [-0.15, -0.1) is 0 Å². The van der Waals surface area contributed by atoms with Gasteiger partial charge in [-0.05, 0) is 31.0 Å². The Labute approximate surface area is 175 Å². The molecule has 0 bridgehead atoms. The van der Waals surface area contributed by atoms with E-state index in [-0.39, 0.29) is 30.1 Å². The van der Waals surface area contributed by atoms with E-state index in [1.807, 2.05) is 46.0 Å². The average Bonchev–Trinajstić information content (AvgIpc) is 3.28. The lowest BCUT2D eigenvalue weighted by Crippen LogP contribution is -2.54. The largest absolute Gasteiger partial charge is 0.444 e. The molecule has 2 heterocycles. The van der Waals surface area contributed by atoms with E-state index in [1.54, 1.807) is 12.5 Å². The third-order valence-corrected chi connectivity index (χ3v) is 6.65. The quantitative estimate of drug-likeness (QED) is 0.686. The molecule has 0 saturated carbocycles. The predicted octanol–water partition coefficient (Wildman–Crippen LogP) is 4.24. The molecular weight excluding hydrogens is 382 g/mol. The Morgan fingerprint density at radius 2 is 1.97 bits per heavy atom. The van der Waals surface area contributed by atoms with E-state index in [1.165, 1.54) is 0 Å². The molecule has 1 aliphatic rings. The zero-order valence-corrected chi connectivity index (χ0v) is 19.5. The van der Waals surface area contributed by atoms with Crippen molar-refractivity contribution in [3.63, 3.8) is 0 Å². The molecule has 0 aliphatic carbocycles. The van der Waals surface area contributed by atoms with Crippen molar-refractivity contribution in [1.29, 1.82) is 0 Å². The fourth-order valence-electron chi connectivity index (χ4n) is 4.13. The summed E-state index contributed by atoms with van der Waals surface area (Å²) in [5.41, 5.74) is 0.253. The standard InChI is InChI=1S/C22H33N3O3Si/c1-21(2,3)18-14-25(20(26)27-15-17-10-8-7-9-11-17)22(4,19(18)28-29(5)6)24-13-12-23-16-24/h7-13,16,18-19,29H,14-15H2,1-6H3/t18-,19?,22+/m1/s1. The molecule has 3 rings (SSSR count). The fourth-order valence-corrected chi connectivity index (χ4v) is 5.16. The summed E-state index contributed by atoms with van der Waals surface area (Å²) < 4.78 is 14.3. The van der Waals surface area contributed by atoms with Gasteiger partial charge in [0.05, 0.1) is 12.4 Å². The SMILES string of the molecule is C[SiH](C)OC1[C@H](C(C)(C)C)CN(C(=O)OCc2ccccc2)[C@]1(C)n1ccnc1. The lowest BCUT2D eigenvalue weighted by molar-refractivity contribution is -0.0252. The van der Waals surface area contributed by atoms with E-state index in [0.717, 1.165) is 5.56 Å². The van der Waals surface area contributed by atoms with Crippen LogP contribution < -0.4 is 0 Å². The van der Waals surface area contributed by atoms with Crippen LogP contribution in [0, 0.1) is 11.3 Å². The van der Waals surface area contributed by atoms with Crippen molar-refractivity contribution < 1.29 is 14.0 Å². The number of hydrogen-bond acceptors (Lipinski definition) is 4. The molecule has 0 spiro atoms. The van der Waals surface area contributed by atoms with E-state index in [0.29, 0.717) is 6.54 Å². The van der Waals surface area contributed by atoms with Crippen LogP contribution in [0.2, 0.25) is 13.1 Å². The minimum Gasteiger partial charge on any atom is -0.444 e. The summed E-state index contributed by atoms with van der Waals surface area (Å²) in [6.07, 6.45) is 4.96. The van der Waals surface area contributed by atoms with Crippen LogP contribution in [0.3, 0.4) is 0 Å². The Kier molecular flexibility index (Phi) is 6.19. The van der Waals surface area contributed by atoms with Crippen molar-refractivity contribution in [3.8, 4) is 0 Å². The predicted molar refractivity (Wildman–Crippen MR) is 116 cm³/mol. The summed E-state index contributed by atoms with van der Waals surface area (Å²) in [5.74, 6) is 0.175. The summed E-state index contributed by atoms with van der Waals surface area (Å²) in [7, 11) is -1.36. The lowest BCUT2D eigenvalue weighted by Gasteiger charge is -2.42. The molecule has 1 aromatic heterocycles. The van der Waals surface area contributed by atoms with Crippen LogP contribution in [0.5, 0.6) is 0 Å². The van der Waals surface area contributed by atoms with Crippen LogP contribution in [0.4, 0.5) is 4.79 Å². The molecule has 1 aromatic carbocycles. The molecule has 29 heavy (non-hydrogen) atoms. The molecule has 1 amide bonds. The van der Waals surface area contributed by atoms with Gasteiger partial charge < -0.3 is 13.7 Å². The number of amides is 1. The Bertz CT molecular complexity index is 804. The highest BCUT2D eigenvalue weighted by Gasteiger charge is 2.58. The van der Waals surface area contributed by atoms with Crippen LogP contribution in [0.25, 0.3) is 0 Å². The highest BCUT2D eigenvalue weighted by molar-refractivity contribution is 6.48. The van der Waals surface area contributed by atoms with E-state index >= 15 is 0 Å². The minimum atomic E-state index is -1.36. The van der Waals surface area contributed by atoms with Crippen LogP contribution >= 0.6 is 0 Å². The second kappa shape index (κ2) is 8.32. The first-order chi connectivity index (χ1) is 13.6. The van der Waals surface area contributed by atoms with Gasteiger partial charge >= 0.3 is 6.09 Å². The topological polar surface area (TPSA) is 56.6 Å². The van der Waals surface area contributed by atoms with Crippen LogP contribution in [0.15, 0.2) is 49.1 Å². The Morgan fingerprint density at radius 3 is 2.52 bits per heavy atom. The Morgan fingerprint density at radius 1 is 1.28 bits per heavy atom. The number of aromatic nitrogens is 2. The molecule has 0 radical (unpaired) electrons. The number of carbonyl (C=O) groups excluding carboxylic acids is 1. The van der Waals surface area contributed by atoms with Crippen molar-refractivity contribution in [1.82, 2.24) is 14.5 Å². The number of imidazole rings is 1. The van der Waals surface area contributed by atoms with Crippen molar-refractivity contribution in [2.24, 2.45) is 11.3 Å². The first-order valence-electron chi connectivity index (χ1n) is 10.3. The molecular formula is C22H33N3O3Si. The lowest BCUT2D eigenvalue weighted by atomic mass is 9.77. The molecule has 1 fully saturated rings. The summed E-state index contributed by atoms with van der Waals surface area (Å²) >= 11 is 0. The van der Waals surface area contributed by atoms with Crippen molar-refractivity contribution in [3.05, 3.63) is 54.6 Å². The summed E-state index contributed by atoms with van der Waals surface area (Å²) in [4.78, 5) is 19.3. The summed E-state index contributed by atoms with van der Waals surface area (Å²) in [5, 5.41) is 0. The van der Waals surface area contributed by atoms with E-state index in [9.17, 15) is 4.79 Å². The Hall–Kier alpha value is -2.12. The minimum absolute atomic E-state index is 0.0236. The van der Waals surface area contributed by atoms with E-state index < -0.39 is 14.7 Å². The first kappa shape index (κ1) is 21.6. The highest BCUT2D eigenvalue weighted by atomic mass is 28.3. The van der Waals surface area contributed by atoms with Gasteiger partial charge in [-0.3, -0.25) is 4.90 Å². The normalized spacial score (nSPS) is 24.9. The molecule has 158 valence electrons. The third-order valence-electron chi connectivity index (χ3n) is 5.81. The maximum Gasteiger partial charge on any atom is 0.412 e. The molecule has 7 heteroatoms. The van der Waals surface area contributed by atoms with Crippen molar-refractivity contribution in [2.75, 3.05) is 6.54 Å². The van der Waals surface area contributed by atoms with E-state index in [2.05, 4.69) is 45.8 Å². The Balaban J connectivity index is 1.93. The van der Waals surface area contributed by atoms with Gasteiger partial charge in [-0.1, -0.05) is 51.1 Å². The molecule has 3 atom stereocenters. The summed E-state index contributed by atoms with van der Waals surface area (Å²) in [6, 6.07) is 9.76. The van der Waals surface area contributed by atoms with Gasteiger partial charge in [0.25, 0.3) is 0 Å². The third kappa shape index (κ3) is 4.40. The molecule has 0 N–H and O–H groups in total. The number of rotatable bonds is 5. The smallest absolute Gasteiger partial charge is 0.412 e. The van der Waals surface area contributed by atoms with Gasteiger partial charge in [0, 0.05) is 24.9 Å². The van der Waals surface area contributed by atoms with Crippen LogP contribution in [0.1, 0.15) is 33.3 Å². The van der Waals surface area contributed by atoms with Crippen molar-refractivity contribution >= 4 is 15.1 Å². The average molecular weight is 416 g/mol.